The summed E-state index contributed by atoms with van der Waals surface area (Å²) in [6, 6.07) is 4.78. The molecule has 154 valence electrons. The average Bonchev–Trinajstić information content (AvgIpc) is 2.93. The highest BCUT2D eigenvalue weighted by Crippen LogP contribution is 2.35. The number of hydrogen-bond acceptors (Lipinski definition) is 5. The van der Waals surface area contributed by atoms with Gasteiger partial charge in [-0.2, -0.15) is 0 Å². The van der Waals surface area contributed by atoms with Crippen molar-refractivity contribution >= 4 is 40.9 Å². The highest BCUT2D eigenvalue weighted by molar-refractivity contribution is 6.31. The van der Waals surface area contributed by atoms with Gasteiger partial charge in [-0.25, -0.2) is 0 Å². The molecule has 3 rings (SSSR count). The second kappa shape index (κ2) is 8.65. The van der Waals surface area contributed by atoms with Crippen LogP contribution in [0.2, 0.25) is 5.02 Å². The Labute approximate surface area is 173 Å². The van der Waals surface area contributed by atoms with Gasteiger partial charge in [0.15, 0.2) is 0 Å². The summed E-state index contributed by atoms with van der Waals surface area (Å²) in [7, 11) is 2.91. The van der Waals surface area contributed by atoms with E-state index in [9.17, 15) is 19.2 Å². The number of fused-ring (bicyclic) bond motifs is 1. The molecule has 1 saturated heterocycles. The number of ether oxygens (including phenoxy) is 1. The Morgan fingerprint density at radius 3 is 2.41 bits per heavy atom. The van der Waals surface area contributed by atoms with Gasteiger partial charge < -0.3 is 15.0 Å². The van der Waals surface area contributed by atoms with Crippen molar-refractivity contribution < 1.29 is 23.9 Å². The number of amides is 4. The summed E-state index contributed by atoms with van der Waals surface area (Å²) in [4.78, 5) is 51.9. The molecule has 1 heterocycles. The monoisotopic (exact) mass is 419 g/mol. The number of allylic oxidation sites excluding steroid dienone is 2. The van der Waals surface area contributed by atoms with Crippen LogP contribution in [0.5, 0.6) is 5.75 Å². The molecule has 0 aromatic heterocycles. The molecule has 0 saturated carbocycles. The fourth-order valence-corrected chi connectivity index (χ4v) is 3.72. The van der Waals surface area contributed by atoms with E-state index in [2.05, 4.69) is 5.32 Å². The zero-order valence-corrected chi connectivity index (χ0v) is 16.9. The summed E-state index contributed by atoms with van der Waals surface area (Å²) >= 11 is 5.94. The van der Waals surface area contributed by atoms with Crippen LogP contribution in [-0.2, 0) is 19.2 Å². The summed E-state index contributed by atoms with van der Waals surface area (Å²) in [6.07, 6.45) is 4.80. The first-order valence-electron chi connectivity index (χ1n) is 9.19. The standard InChI is InChI=1S/C20H22ClN3O5/c1-23(10-17(25)22-15-9-12(21)7-8-16(15)29-2)18(26)11-24-19(27)13-5-3-4-6-14(13)20(24)28/h3-4,7-9,13-14H,5-6,10-11H2,1-2H3,(H,22,25)/t13-,14-/m1/s1. The van der Waals surface area contributed by atoms with Crippen LogP contribution in [0, 0.1) is 11.8 Å². The van der Waals surface area contributed by atoms with Gasteiger partial charge in [-0.15, -0.1) is 0 Å². The lowest BCUT2D eigenvalue weighted by atomic mass is 9.85. The molecule has 1 aliphatic heterocycles. The minimum absolute atomic E-state index is 0.251. The Bertz CT molecular complexity index is 859. The number of nitrogens with zero attached hydrogens (tertiary/aromatic N) is 2. The number of likely N-dealkylation sites (N-methyl/N-ethyl adjacent to an activating group) is 1. The van der Waals surface area contributed by atoms with Crippen LogP contribution in [0.25, 0.3) is 0 Å². The second-order valence-corrected chi connectivity index (χ2v) is 7.50. The van der Waals surface area contributed by atoms with Gasteiger partial charge in [0.1, 0.15) is 12.3 Å². The fourth-order valence-electron chi connectivity index (χ4n) is 3.55. The summed E-state index contributed by atoms with van der Waals surface area (Å²) < 4.78 is 5.17. The van der Waals surface area contributed by atoms with Gasteiger partial charge in [-0.05, 0) is 31.0 Å². The van der Waals surface area contributed by atoms with E-state index in [1.54, 1.807) is 12.1 Å². The second-order valence-electron chi connectivity index (χ2n) is 7.06. The Hall–Kier alpha value is -2.87. The molecule has 0 bridgehead atoms. The third-order valence-corrected chi connectivity index (χ3v) is 5.37. The Balaban J connectivity index is 1.58. The largest absolute Gasteiger partial charge is 0.495 e. The number of benzene rings is 1. The van der Waals surface area contributed by atoms with Crippen LogP contribution < -0.4 is 10.1 Å². The number of carbonyl (C=O) groups is 4. The Morgan fingerprint density at radius 1 is 1.21 bits per heavy atom. The maximum atomic E-state index is 12.5. The molecular weight excluding hydrogens is 398 g/mol. The number of rotatable bonds is 6. The fraction of sp³-hybridized carbons (Fsp3) is 0.400. The highest BCUT2D eigenvalue weighted by atomic mass is 35.5. The van der Waals surface area contributed by atoms with Crippen LogP contribution in [0.3, 0.4) is 0 Å². The van der Waals surface area contributed by atoms with Crippen molar-refractivity contribution in [2.45, 2.75) is 12.8 Å². The quantitative estimate of drug-likeness (QED) is 0.559. The predicted molar refractivity (Wildman–Crippen MR) is 106 cm³/mol. The molecule has 4 amide bonds. The van der Waals surface area contributed by atoms with Gasteiger partial charge >= 0.3 is 0 Å². The molecule has 0 spiro atoms. The van der Waals surface area contributed by atoms with E-state index in [1.165, 1.54) is 25.1 Å². The normalized spacial score (nSPS) is 20.4. The Kier molecular flexibility index (Phi) is 6.22. The van der Waals surface area contributed by atoms with Crippen molar-refractivity contribution in [1.82, 2.24) is 9.80 Å². The highest BCUT2D eigenvalue weighted by Gasteiger charge is 2.47. The molecule has 0 unspecified atom stereocenters. The number of halogens is 1. The van der Waals surface area contributed by atoms with Crippen molar-refractivity contribution in [3.8, 4) is 5.75 Å². The van der Waals surface area contributed by atoms with Crippen LogP contribution in [0.4, 0.5) is 5.69 Å². The lowest BCUT2D eigenvalue weighted by molar-refractivity contribution is -0.146. The molecule has 1 aromatic carbocycles. The number of nitrogens with one attached hydrogen (secondary N) is 1. The SMILES string of the molecule is COc1ccc(Cl)cc1NC(=O)CN(C)C(=O)CN1C(=O)[C@@H]2CC=CC[C@H]2C1=O. The van der Waals surface area contributed by atoms with Crippen LogP contribution in [0.1, 0.15) is 12.8 Å². The third kappa shape index (κ3) is 4.42. The summed E-state index contributed by atoms with van der Waals surface area (Å²) in [6.45, 7) is -0.617. The number of methoxy groups -OCH3 is 1. The first-order valence-corrected chi connectivity index (χ1v) is 9.57. The van der Waals surface area contributed by atoms with E-state index >= 15 is 0 Å². The molecule has 2 atom stereocenters. The van der Waals surface area contributed by atoms with Gasteiger partial charge in [0, 0.05) is 12.1 Å². The number of likely N-dealkylation sites (tertiary alicyclic amines) is 1. The zero-order chi connectivity index (χ0) is 21.1. The van der Waals surface area contributed by atoms with Crippen LogP contribution in [-0.4, -0.2) is 60.7 Å². The molecule has 1 N–H and O–H groups in total. The van der Waals surface area contributed by atoms with Crippen molar-refractivity contribution in [1.29, 1.82) is 0 Å². The minimum atomic E-state index is -0.494. The van der Waals surface area contributed by atoms with Crippen LogP contribution in [0.15, 0.2) is 30.4 Å². The summed E-state index contributed by atoms with van der Waals surface area (Å²) in [5.74, 6) is -1.93. The lowest BCUT2D eigenvalue weighted by Crippen LogP contribution is -2.44. The topological polar surface area (TPSA) is 96.0 Å². The minimum Gasteiger partial charge on any atom is -0.495 e. The zero-order valence-electron chi connectivity index (χ0n) is 16.2. The van der Waals surface area contributed by atoms with Crippen LogP contribution >= 0.6 is 11.6 Å². The van der Waals surface area contributed by atoms with E-state index in [1.807, 2.05) is 12.2 Å². The molecule has 0 radical (unpaired) electrons. The molecule has 1 fully saturated rings. The van der Waals surface area contributed by atoms with E-state index in [0.29, 0.717) is 29.3 Å². The van der Waals surface area contributed by atoms with E-state index in [-0.39, 0.29) is 36.7 Å². The molecule has 1 aromatic rings. The lowest BCUT2D eigenvalue weighted by Gasteiger charge is -2.21. The summed E-state index contributed by atoms with van der Waals surface area (Å²) in [5.41, 5.74) is 0.382. The number of anilines is 1. The average molecular weight is 420 g/mol. The number of imide groups is 1. The molecule has 9 heteroatoms. The van der Waals surface area contributed by atoms with Crippen molar-refractivity contribution in [2.75, 3.05) is 32.6 Å². The molecule has 1 aliphatic carbocycles. The van der Waals surface area contributed by atoms with Gasteiger partial charge in [-0.1, -0.05) is 23.8 Å². The van der Waals surface area contributed by atoms with Gasteiger partial charge in [-0.3, -0.25) is 24.1 Å². The number of carbonyl (C=O) groups excluding carboxylic acids is 4. The molecule has 2 aliphatic rings. The van der Waals surface area contributed by atoms with Gasteiger partial charge in [0.05, 0.1) is 31.2 Å². The maximum Gasteiger partial charge on any atom is 0.244 e. The van der Waals surface area contributed by atoms with Gasteiger partial charge in [0.2, 0.25) is 23.6 Å². The Morgan fingerprint density at radius 2 is 1.83 bits per heavy atom. The first-order chi connectivity index (χ1) is 13.8. The van der Waals surface area contributed by atoms with Gasteiger partial charge in [0.25, 0.3) is 0 Å². The summed E-state index contributed by atoms with van der Waals surface area (Å²) in [5, 5.41) is 3.07. The maximum absolute atomic E-state index is 12.5. The van der Waals surface area contributed by atoms with E-state index in [0.717, 1.165) is 4.90 Å². The number of hydrogen-bond donors (Lipinski definition) is 1. The first kappa shape index (κ1) is 20.9. The van der Waals surface area contributed by atoms with Crippen molar-refractivity contribution in [2.24, 2.45) is 11.8 Å². The smallest absolute Gasteiger partial charge is 0.244 e. The van der Waals surface area contributed by atoms with Crippen molar-refractivity contribution in [3.63, 3.8) is 0 Å². The van der Waals surface area contributed by atoms with Crippen molar-refractivity contribution in [3.05, 3.63) is 35.4 Å². The molecular formula is C20H22ClN3O5. The third-order valence-electron chi connectivity index (χ3n) is 5.13. The molecule has 8 nitrogen and oxygen atoms in total. The van der Waals surface area contributed by atoms with E-state index in [4.69, 9.17) is 16.3 Å². The predicted octanol–water partition coefficient (Wildman–Crippen LogP) is 1.70. The molecule has 29 heavy (non-hydrogen) atoms. The van der Waals surface area contributed by atoms with E-state index < -0.39 is 11.8 Å².